The molecule has 2 aliphatic rings. The van der Waals surface area contributed by atoms with Crippen molar-refractivity contribution in [3.05, 3.63) is 29.8 Å². The summed E-state index contributed by atoms with van der Waals surface area (Å²) in [5.41, 5.74) is 6.72. The van der Waals surface area contributed by atoms with Gasteiger partial charge in [-0.25, -0.2) is 0 Å². The fourth-order valence-electron chi connectivity index (χ4n) is 3.23. The first kappa shape index (κ1) is 15.7. The molecular weight excluding hydrogens is 294 g/mol. The minimum Gasteiger partial charge on any atom is -0.324 e. The average Bonchev–Trinajstić information content (AvgIpc) is 3.11. The van der Waals surface area contributed by atoms with E-state index in [0.29, 0.717) is 18.5 Å². The van der Waals surface area contributed by atoms with Gasteiger partial charge in [-0.15, -0.1) is 0 Å². The van der Waals surface area contributed by atoms with Crippen LogP contribution in [0, 0.1) is 0 Å². The normalized spacial score (nSPS) is 20.1. The van der Waals surface area contributed by atoms with Gasteiger partial charge < -0.3 is 11.1 Å². The van der Waals surface area contributed by atoms with Gasteiger partial charge in [0.05, 0.1) is 12.1 Å². The van der Waals surface area contributed by atoms with Crippen LogP contribution in [0.25, 0.3) is 0 Å². The lowest BCUT2D eigenvalue weighted by Gasteiger charge is -2.24. The standard InChI is InChI=1S/C17H21N3O3/c18-17(9-3-4-10-17)16(23)19-13-6-2-1-5-12(13)11-20-14(21)7-8-15(20)22/h1-2,5-6H,3-4,7-11,18H2,(H,19,23). The number of likely N-dealkylation sites (tertiary alicyclic amines) is 1. The molecule has 0 spiro atoms. The molecule has 3 rings (SSSR count). The van der Waals surface area contributed by atoms with Crippen LogP contribution in [0.5, 0.6) is 0 Å². The Morgan fingerprint density at radius 3 is 2.39 bits per heavy atom. The zero-order chi connectivity index (χ0) is 16.4. The van der Waals surface area contributed by atoms with E-state index in [0.717, 1.165) is 18.4 Å². The van der Waals surface area contributed by atoms with Gasteiger partial charge in [-0.1, -0.05) is 31.0 Å². The van der Waals surface area contributed by atoms with Crippen LogP contribution in [0.1, 0.15) is 44.1 Å². The Morgan fingerprint density at radius 1 is 1.13 bits per heavy atom. The zero-order valence-electron chi connectivity index (χ0n) is 13.0. The first-order chi connectivity index (χ1) is 11.0. The molecule has 23 heavy (non-hydrogen) atoms. The largest absolute Gasteiger partial charge is 0.324 e. The van der Waals surface area contributed by atoms with Gasteiger partial charge in [-0.2, -0.15) is 0 Å². The van der Waals surface area contributed by atoms with Crippen LogP contribution >= 0.6 is 0 Å². The van der Waals surface area contributed by atoms with E-state index >= 15 is 0 Å². The summed E-state index contributed by atoms with van der Waals surface area (Å²) in [6.07, 6.45) is 3.82. The molecule has 3 N–H and O–H groups in total. The lowest BCUT2D eigenvalue weighted by Crippen LogP contribution is -2.48. The number of carbonyl (C=O) groups is 3. The predicted molar refractivity (Wildman–Crippen MR) is 85.2 cm³/mol. The van der Waals surface area contributed by atoms with Crippen LogP contribution in [0.3, 0.4) is 0 Å². The summed E-state index contributed by atoms with van der Waals surface area (Å²) in [5.74, 6) is -0.522. The topological polar surface area (TPSA) is 92.5 Å². The Bertz CT molecular complexity index is 634. The molecule has 122 valence electrons. The van der Waals surface area contributed by atoms with Gasteiger partial charge in [0.1, 0.15) is 0 Å². The number of carbonyl (C=O) groups excluding carboxylic acids is 3. The summed E-state index contributed by atoms with van der Waals surface area (Å²) >= 11 is 0. The average molecular weight is 315 g/mol. The molecule has 1 saturated carbocycles. The monoisotopic (exact) mass is 315 g/mol. The molecule has 2 fully saturated rings. The number of para-hydroxylation sites is 1. The van der Waals surface area contributed by atoms with Gasteiger partial charge in [-0.3, -0.25) is 19.3 Å². The van der Waals surface area contributed by atoms with E-state index in [2.05, 4.69) is 5.32 Å². The smallest absolute Gasteiger partial charge is 0.244 e. The lowest BCUT2D eigenvalue weighted by molar-refractivity contribution is -0.139. The van der Waals surface area contributed by atoms with Gasteiger partial charge in [0.15, 0.2) is 0 Å². The number of amides is 3. The Balaban J connectivity index is 1.77. The first-order valence-electron chi connectivity index (χ1n) is 8.01. The molecule has 1 aromatic rings. The molecule has 0 bridgehead atoms. The van der Waals surface area contributed by atoms with E-state index < -0.39 is 5.54 Å². The van der Waals surface area contributed by atoms with Crippen LogP contribution in [0.15, 0.2) is 24.3 Å². The van der Waals surface area contributed by atoms with Crippen LogP contribution < -0.4 is 11.1 Å². The van der Waals surface area contributed by atoms with Crippen molar-refractivity contribution in [2.75, 3.05) is 5.32 Å². The third-order valence-electron chi connectivity index (χ3n) is 4.70. The summed E-state index contributed by atoms with van der Waals surface area (Å²) in [7, 11) is 0. The van der Waals surface area contributed by atoms with E-state index in [9.17, 15) is 14.4 Å². The molecule has 0 radical (unpaired) electrons. The Labute approximate surface area is 135 Å². The van der Waals surface area contributed by atoms with Gasteiger partial charge >= 0.3 is 0 Å². The first-order valence-corrected chi connectivity index (χ1v) is 8.01. The van der Waals surface area contributed by atoms with E-state index in [1.54, 1.807) is 6.07 Å². The van der Waals surface area contributed by atoms with Crippen molar-refractivity contribution >= 4 is 23.4 Å². The molecule has 6 nitrogen and oxygen atoms in total. The minimum absolute atomic E-state index is 0.165. The molecule has 1 heterocycles. The molecule has 0 unspecified atom stereocenters. The van der Waals surface area contributed by atoms with Crippen LogP contribution in [-0.2, 0) is 20.9 Å². The van der Waals surface area contributed by atoms with Crippen LogP contribution in [0.4, 0.5) is 5.69 Å². The number of hydrogen-bond acceptors (Lipinski definition) is 4. The summed E-state index contributed by atoms with van der Waals surface area (Å²) in [4.78, 5) is 37.3. The van der Waals surface area contributed by atoms with E-state index in [1.165, 1.54) is 4.90 Å². The number of anilines is 1. The second kappa shape index (κ2) is 6.12. The molecule has 0 aromatic heterocycles. The Hall–Kier alpha value is -2.21. The van der Waals surface area contributed by atoms with Crippen molar-refractivity contribution in [1.82, 2.24) is 4.90 Å². The lowest BCUT2D eigenvalue weighted by atomic mass is 9.97. The number of imide groups is 1. The molecule has 3 amide bonds. The van der Waals surface area contributed by atoms with E-state index in [-0.39, 0.29) is 37.1 Å². The second-order valence-electron chi connectivity index (χ2n) is 6.35. The highest BCUT2D eigenvalue weighted by Gasteiger charge is 2.37. The molecule has 1 saturated heterocycles. The van der Waals surface area contributed by atoms with E-state index in [4.69, 9.17) is 5.73 Å². The van der Waals surface area contributed by atoms with Crippen molar-refractivity contribution in [2.45, 2.75) is 50.6 Å². The molecule has 6 heteroatoms. The number of benzene rings is 1. The third kappa shape index (κ3) is 3.12. The summed E-state index contributed by atoms with van der Waals surface area (Å²) < 4.78 is 0. The van der Waals surface area contributed by atoms with Gasteiger partial charge in [0.2, 0.25) is 17.7 Å². The molecule has 0 atom stereocenters. The molecular formula is C17H21N3O3. The molecule has 1 aromatic carbocycles. The van der Waals surface area contributed by atoms with Gasteiger partial charge in [0.25, 0.3) is 0 Å². The van der Waals surface area contributed by atoms with Crippen molar-refractivity contribution < 1.29 is 14.4 Å². The van der Waals surface area contributed by atoms with Gasteiger partial charge in [-0.05, 0) is 24.5 Å². The van der Waals surface area contributed by atoms with Gasteiger partial charge in [0, 0.05) is 18.5 Å². The van der Waals surface area contributed by atoms with Crippen molar-refractivity contribution in [3.8, 4) is 0 Å². The fourth-order valence-corrected chi connectivity index (χ4v) is 3.23. The highest BCUT2D eigenvalue weighted by Crippen LogP contribution is 2.29. The zero-order valence-corrected chi connectivity index (χ0v) is 13.0. The predicted octanol–water partition coefficient (Wildman–Crippen LogP) is 1.55. The minimum atomic E-state index is -0.813. The number of rotatable bonds is 4. The Kier molecular flexibility index (Phi) is 4.17. The van der Waals surface area contributed by atoms with E-state index in [1.807, 2.05) is 18.2 Å². The number of hydrogen-bond donors (Lipinski definition) is 2. The maximum atomic E-state index is 12.5. The SMILES string of the molecule is NC1(C(=O)Nc2ccccc2CN2C(=O)CCC2=O)CCCC1. The fraction of sp³-hybridized carbons (Fsp3) is 0.471. The highest BCUT2D eigenvalue weighted by molar-refractivity contribution is 6.02. The van der Waals surface area contributed by atoms with Crippen molar-refractivity contribution in [2.24, 2.45) is 5.73 Å². The second-order valence-corrected chi connectivity index (χ2v) is 6.35. The summed E-state index contributed by atoms with van der Waals surface area (Å²) in [5, 5.41) is 2.88. The quantitative estimate of drug-likeness (QED) is 0.824. The summed E-state index contributed by atoms with van der Waals surface area (Å²) in [6.45, 7) is 0.186. The van der Waals surface area contributed by atoms with Crippen molar-refractivity contribution in [3.63, 3.8) is 0 Å². The number of nitrogens with one attached hydrogen (secondary N) is 1. The van der Waals surface area contributed by atoms with Crippen molar-refractivity contribution in [1.29, 1.82) is 0 Å². The third-order valence-corrected chi connectivity index (χ3v) is 4.70. The van der Waals surface area contributed by atoms with Crippen LogP contribution in [-0.4, -0.2) is 28.2 Å². The maximum absolute atomic E-state index is 12.5. The number of nitrogens with zero attached hydrogens (tertiary/aromatic N) is 1. The molecule has 1 aliphatic carbocycles. The maximum Gasteiger partial charge on any atom is 0.244 e. The number of nitrogens with two attached hydrogens (primary N) is 1. The highest BCUT2D eigenvalue weighted by atomic mass is 16.2. The molecule has 1 aliphatic heterocycles. The summed E-state index contributed by atoms with van der Waals surface area (Å²) in [6, 6.07) is 7.22. The van der Waals surface area contributed by atoms with Crippen LogP contribution in [0.2, 0.25) is 0 Å². The Morgan fingerprint density at radius 2 is 1.74 bits per heavy atom.